The Morgan fingerprint density at radius 1 is 1.45 bits per heavy atom. The number of aromatic nitrogens is 2. The summed E-state index contributed by atoms with van der Waals surface area (Å²) < 4.78 is 6.58. The molecular formula is C15H18N2O3. The largest absolute Gasteiger partial charge is 0.465 e. The van der Waals surface area contributed by atoms with Crippen molar-refractivity contribution >= 4 is 5.97 Å². The van der Waals surface area contributed by atoms with Gasteiger partial charge >= 0.3 is 5.97 Å². The van der Waals surface area contributed by atoms with Gasteiger partial charge in [-0.25, -0.2) is 4.79 Å². The Balaban J connectivity index is 2.06. The van der Waals surface area contributed by atoms with Gasteiger partial charge in [-0.05, 0) is 30.2 Å². The molecule has 0 fully saturated rings. The number of esters is 1. The maximum atomic E-state index is 11.3. The number of carbonyl (C=O) groups excluding carboxylic acids is 1. The van der Waals surface area contributed by atoms with Crippen molar-refractivity contribution in [2.45, 2.75) is 26.0 Å². The lowest BCUT2D eigenvalue weighted by atomic mass is 10.1. The molecule has 106 valence electrons. The number of aliphatic hydroxyl groups is 1. The number of ether oxygens (including phenoxy) is 1. The molecule has 20 heavy (non-hydrogen) atoms. The van der Waals surface area contributed by atoms with E-state index in [0.29, 0.717) is 18.5 Å². The van der Waals surface area contributed by atoms with Gasteiger partial charge in [-0.3, -0.25) is 4.98 Å². The quantitative estimate of drug-likeness (QED) is 0.849. The number of aliphatic hydroxyl groups excluding tert-OH is 1. The lowest BCUT2D eigenvalue weighted by molar-refractivity contribution is 0.0600. The van der Waals surface area contributed by atoms with Crippen molar-refractivity contribution in [2.75, 3.05) is 7.11 Å². The normalized spacial score (nSPS) is 12.2. The summed E-state index contributed by atoms with van der Waals surface area (Å²) in [7, 11) is 1.34. The van der Waals surface area contributed by atoms with Crippen LogP contribution < -0.4 is 0 Å². The summed E-state index contributed by atoms with van der Waals surface area (Å²) in [6.07, 6.45) is 5.59. The molecule has 0 saturated carbocycles. The summed E-state index contributed by atoms with van der Waals surface area (Å²) >= 11 is 0. The van der Waals surface area contributed by atoms with Crippen molar-refractivity contribution in [3.8, 4) is 0 Å². The Morgan fingerprint density at radius 2 is 2.25 bits per heavy atom. The van der Waals surface area contributed by atoms with Gasteiger partial charge < -0.3 is 14.4 Å². The average molecular weight is 274 g/mol. The van der Waals surface area contributed by atoms with Gasteiger partial charge in [0.25, 0.3) is 0 Å². The molecule has 0 aliphatic carbocycles. The van der Waals surface area contributed by atoms with E-state index < -0.39 is 12.1 Å². The zero-order chi connectivity index (χ0) is 14.5. The molecule has 0 aliphatic heterocycles. The third-order valence-electron chi connectivity index (χ3n) is 3.14. The molecule has 1 unspecified atom stereocenters. The Hall–Kier alpha value is -2.14. The van der Waals surface area contributed by atoms with E-state index in [0.717, 1.165) is 11.3 Å². The molecule has 0 spiro atoms. The van der Waals surface area contributed by atoms with E-state index in [4.69, 9.17) is 0 Å². The Bertz CT molecular complexity index is 575. The second-order valence-corrected chi connectivity index (χ2v) is 4.57. The van der Waals surface area contributed by atoms with Crippen LogP contribution in [0.2, 0.25) is 0 Å². The molecule has 2 rings (SSSR count). The molecule has 0 radical (unpaired) electrons. The highest BCUT2D eigenvalue weighted by Gasteiger charge is 2.08. The van der Waals surface area contributed by atoms with Crippen molar-refractivity contribution in [3.05, 3.63) is 53.6 Å². The van der Waals surface area contributed by atoms with E-state index in [1.807, 2.05) is 30.0 Å². The van der Waals surface area contributed by atoms with Crippen LogP contribution in [0.5, 0.6) is 0 Å². The van der Waals surface area contributed by atoms with Crippen LogP contribution in [-0.2, 0) is 11.3 Å². The summed E-state index contributed by atoms with van der Waals surface area (Å²) in [5.74, 6) is -0.390. The van der Waals surface area contributed by atoms with Gasteiger partial charge in [0, 0.05) is 18.6 Å². The molecule has 0 bridgehead atoms. The first-order valence-corrected chi connectivity index (χ1v) is 6.51. The van der Waals surface area contributed by atoms with Gasteiger partial charge in [-0.15, -0.1) is 0 Å². The van der Waals surface area contributed by atoms with Gasteiger partial charge in [0.2, 0.25) is 0 Å². The highest BCUT2D eigenvalue weighted by Crippen LogP contribution is 2.16. The second kappa shape index (κ2) is 6.34. The smallest absolute Gasteiger partial charge is 0.339 e. The molecule has 2 heterocycles. The fourth-order valence-electron chi connectivity index (χ4n) is 1.93. The SMILES string of the molecule is CCC(O)c1ccn(Cc2ccc(C(=O)OC)cn2)c1. The molecule has 0 amide bonds. The maximum Gasteiger partial charge on any atom is 0.339 e. The van der Waals surface area contributed by atoms with Gasteiger partial charge in [-0.1, -0.05) is 6.92 Å². The molecule has 1 N–H and O–H groups in total. The standard InChI is InChI=1S/C15H18N2O3/c1-3-14(18)12-6-7-17(9-12)10-13-5-4-11(8-16-13)15(19)20-2/h4-9,14,18H,3,10H2,1-2H3. The first kappa shape index (κ1) is 14.3. The lowest BCUT2D eigenvalue weighted by Crippen LogP contribution is -2.04. The topological polar surface area (TPSA) is 64.4 Å². The number of carbonyl (C=O) groups is 1. The first-order chi connectivity index (χ1) is 9.63. The lowest BCUT2D eigenvalue weighted by Gasteiger charge is -2.05. The van der Waals surface area contributed by atoms with Crippen LogP contribution in [-0.4, -0.2) is 27.7 Å². The fourth-order valence-corrected chi connectivity index (χ4v) is 1.93. The van der Waals surface area contributed by atoms with E-state index >= 15 is 0 Å². The molecule has 5 nitrogen and oxygen atoms in total. The fraction of sp³-hybridized carbons (Fsp3) is 0.333. The van der Waals surface area contributed by atoms with Crippen LogP contribution in [0.4, 0.5) is 0 Å². The van der Waals surface area contributed by atoms with Gasteiger partial charge in [0.05, 0.1) is 31.0 Å². The third-order valence-corrected chi connectivity index (χ3v) is 3.14. The molecule has 5 heteroatoms. The van der Waals surface area contributed by atoms with E-state index in [1.54, 1.807) is 12.1 Å². The van der Waals surface area contributed by atoms with Crippen LogP contribution in [0.25, 0.3) is 0 Å². The van der Waals surface area contributed by atoms with Gasteiger partial charge in [0.15, 0.2) is 0 Å². The zero-order valence-corrected chi connectivity index (χ0v) is 11.6. The number of hydrogen-bond donors (Lipinski definition) is 1. The minimum absolute atomic E-state index is 0.390. The molecule has 0 saturated heterocycles. The number of pyridine rings is 1. The summed E-state index contributed by atoms with van der Waals surface area (Å²) in [6, 6.07) is 5.39. The highest BCUT2D eigenvalue weighted by atomic mass is 16.5. The highest BCUT2D eigenvalue weighted by molar-refractivity contribution is 5.88. The minimum atomic E-state index is -0.425. The Labute approximate surface area is 117 Å². The van der Waals surface area contributed by atoms with Gasteiger partial charge in [-0.2, -0.15) is 0 Å². The Morgan fingerprint density at radius 3 is 2.85 bits per heavy atom. The summed E-state index contributed by atoms with van der Waals surface area (Å²) in [6.45, 7) is 2.53. The first-order valence-electron chi connectivity index (χ1n) is 6.51. The van der Waals surface area contributed by atoms with Crippen molar-refractivity contribution in [2.24, 2.45) is 0 Å². The number of hydrogen-bond acceptors (Lipinski definition) is 4. The van der Waals surface area contributed by atoms with E-state index in [1.165, 1.54) is 13.3 Å². The average Bonchev–Trinajstić information content (AvgIpc) is 2.95. The number of nitrogens with zero attached hydrogens (tertiary/aromatic N) is 2. The van der Waals surface area contributed by atoms with Crippen molar-refractivity contribution < 1.29 is 14.6 Å². The predicted molar refractivity (Wildman–Crippen MR) is 74.4 cm³/mol. The molecule has 0 aromatic carbocycles. The summed E-state index contributed by atoms with van der Waals surface area (Å²) in [5, 5.41) is 9.75. The van der Waals surface area contributed by atoms with E-state index in [-0.39, 0.29) is 0 Å². The van der Waals surface area contributed by atoms with Crippen molar-refractivity contribution in [1.82, 2.24) is 9.55 Å². The molecular weight excluding hydrogens is 256 g/mol. The second-order valence-electron chi connectivity index (χ2n) is 4.57. The predicted octanol–water partition coefficient (Wildman–Crippen LogP) is 2.16. The van der Waals surface area contributed by atoms with Crippen LogP contribution in [0.3, 0.4) is 0 Å². The molecule has 0 aliphatic rings. The van der Waals surface area contributed by atoms with Crippen molar-refractivity contribution in [1.29, 1.82) is 0 Å². The molecule has 2 aromatic heterocycles. The maximum absolute atomic E-state index is 11.3. The van der Waals surface area contributed by atoms with E-state index in [9.17, 15) is 9.90 Å². The Kier molecular flexibility index (Phi) is 4.53. The summed E-state index contributed by atoms with van der Waals surface area (Å²) in [4.78, 5) is 15.5. The molecule has 1 atom stereocenters. The zero-order valence-electron chi connectivity index (χ0n) is 11.6. The van der Waals surface area contributed by atoms with Crippen LogP contribution in [0.15, 0.2) is 36.8 Å². The monoisotopic (exact) mass is 274 g/mol. The van der Waals surface area contributed by atoms with Gasteiger partial charge in [0.1, 0.15) is 0 Å². The minimum Gasteiger partial charge on any atom is -0.465 e. The van der Waals surface area contributed by atoms with E-state index in [2.05, 4.69) is 9.72 Å². The third kappa shape index (κ3) is 3.24. The molecule has 2 aromatic rings. The number of rotatable bonds is 5. The van der Waals surface area contributed by atoms with Crippen molar-refractivity contribution in [3.63, 3.8) is 0 Å². The summed E-state index contributed by atoms with van der Waals surface area (Å²) in [5.41, 5.74) is 2.18. The number of methoxy groups -OCH3 is 1. The van der Waals surface area contributed by atoms with Crippen LogP contribution in [0.1, 0.15) is 41.1 Å². The van der Waals surface area contributed by atoms with Crippen LogP contribution >= 0.6 is 0 Å². The van der Waals surface area contributed by atoms with Crippen LogP contribution in [0, 0.1) is 0 Å².